The van der Waals surface area contributed by atoms with E-state index >= 15 is 0 Å². The molecule has 8 heteroatoms. The Balaban J connectivity index is 1.56. The second kappa shape index (κ2) is 8.60. The summed E-state index contributed by atoms with van der Waals surface area (Å²) in [6.07, 6.45) is -4.00. The maximum absolute atomic E-state index is 13.2. The van der Waals surface area contributed by atoms with E-state index in [9.17, 15) is 18.0 Å². The Bertz CT molecular complexity index is 1010. The molecule has 1 amide bonds. The van der Waals surface area contributed by atoms with Crippen LogP contribution in [0.5, 0.6) is 0 Å². The quantitative estimate of drug-likeness (QED) is 0.637. The average Bonchev–Trinajstić information content (AvgIpc) is 3.15. The van der Waals surface area contributed by atoms with E-state index in [1.807, 2.05) is 6.07 Å². The normalized spacial score (nSPS) is 21.7. The fraction of sp³-hybridized carbons (Fsp3) is 0.458. The summed E-state index contributed by atoms with van der Waals surface area (Å²) in [6, 6.07) is 10.7. The van der Waals surface area contributed by atoms with Gasteiger partial charge in [-0.1, -0.05) is 29.8 Å². The fourth-order valence-corrected chi connectivity index (χ4v) is 4.93. The number of hydrogen-bond acceptors (Lipinski definition) is 3. The Labute approximate surface area is 191 Å². The van der Waals surface area contributed by atoms with Crippen LogP contribution in [0.1, 0.15) is 30.5 Å². The van der Waals surface area contributed by atoms with Crippen LogP contribution in [0.2, 0.25) is 5.02 Å². The molecule has 4 rings (SSSR count). The van der Waals surface area contributed by atoms with Crippen LogP contribution in [0.25, 0.3) is 0 Å². The smallest absolute Gasteiger partial charge is 0.368 e. The predicted molar refractivity (Wildman–Crippen MR) is 122 cm³/mol. The van der Waals surface area contributed by atoms with E-state index in [2.05, 4.69) is 42.8 Å². The van der Waals surface area contributed by atoms with Crippen molar-refractivity contribution in [1.82, 2.24) is 4.90 Å². The number of alkyl halides is 3. The first-order valence-corrected chi connectivity index (χ1v) is 11.2. The summed E-state index contributed by atoms with van der Waals surface area (Å²) in [4.78, 5) is 19.5. The summed E-state index contributed by atoms with van der Waals surface area (Å²) in [5.41, 5.74) is 2.26. The predicted octanol–water partition coefficient (Wildman–Crippen LogP) is 5.02. The van der Waals surface area contributed by atoms with E-state index in [0.29, 0.717) is 18.6 Å². The topological polar surface area (TPSA) is 26.8 Å². The van der Waals surface area contributed by atoms with E-state index in [1.54, 1.807) is 4.90 Å². The van der Waals surface area contributed by atoms with Crippen LogP contribution in [0.4, 0.5) is 24.5 Å². The van der Waals surface area contributed by atoms with Crippen molar-refractivity contribution >= 4 is 28.9 Å². The van der Waals surface area contributed by atoms with E-state index in [0.717, 1.165) is 42.5 Å². The van der Waals surface area contributed by atoms with Crippen molar-refractivity contribution in [3.63, 3.8) is 0 Å². The third-order valence-corrected chi connectivity index (χ3v) is 7.16. The number of anilines is 2. The third-order valence-electron chi connectivity index (χ3n) is 6.72. The third kappa shape index (κ3) is 4.33. The average molecular weight is 466 g/mol. The number of benzene rings is 2. The SMILES string of the molecule is C[C@@H]1CN(c2ccc3c(c2)N(C(=O)Cc2cccc(C(F)(F)F)c2Cl)CC3)C[C@H](C)N1C. The van der Waals surface area contributed by atoms with Gasteiger partial charge in [0.25, 0.3) is 0 Å². The zero-order valence-electron chi connectivity index (χ0n) is 18.4. The fourth-order valence-electron chi connectivity index (χ4n) is 4.63. The standard InChI is InChI=1S/C24H27ClF3N3O/c1-15-13-30(14-16(2)29(15)3)19-8-7-17-9-10-31(21(17)12-19)22(32)11-18-5-4-6-20(23(18)25)24(26,27)28/h4-8,12,15-16H,9-11,13-14H2,1-3H3/t15-,16+. The molecule has 2 aliphatic heterocycles. The highest BCUT2D eigenvalue weighted by Gasteiger charge is 2.35. The van der Waals surface area contributed by atoms with Gasteiger partial charge in [0.05, 0.1) is 17.0 Å². The summed E-state index contributed by atoms with van der Waals surface area (Å²) < 4.78 is 39.5. The molecule has 0 N–H and O–H groups in total. The highest BCUT2D eigenvalue weighted by Crippen LogP contribution is 2.37. The molecule has 2 atom stereocenters. The van der Waals surface area contributed by atoms with Crippen LogP contribution >= 0.6 is 11.6 Å². The first kappa shape index (κ1) is 22.9. The molecule has 2 heterocycles. The van der Waals surface area contributed by atoms with Gasteiger partial charge in [-0.2, -0.15) is 13.2 Å². The monoisotopic (exact) mass is 465 g/mol. The summed E-state index contributed by atoms with van der Waals surface area (Å²) in [5, 5.41) is -0.401. The van der Waals surface area contributed by atoms with Gasteiger partial charge in [-0.3, -0.25) is 9.69 Å². The Hall–Kier alpha value is -2.25. The van der Waals surface area contributed by atoms with Gasteiger partial charge in [-0.25, -0.2) is 0 Å². The number of fused-ring (bicyclic) bond motifs is 1. The molecule has 2 aromatic carbocycles. The lowest BCUT2D eigenvalue weighted by Gasteiger charge is -2.43. The summed E-state index contributed by atoms with van der Waals surface area (Å²) in [5.74, 6) is -0.248. The minimum absolute atomic E-state index is 0.172. The zero-order chi connectivity index (χ0) is 23.2. The molecule has 2 aliphatic rings. The van der Waals surface area contributed by atoms with Gasteiger partial charge < -0.3 is 9.80 Å². The molecule has 172 valence electrons. The van der Waals surface area contributed by atoms with E-state index in [-0.39, 0.29) is 17.9 Å². The number of amides is 1. The first-order chi connectivity index (χ1) is 15.1. The van der Waals surface area contributed by atoms with Crippen molar-refractivity contribution in [3.05, 3.63) is 58.1 Å². The Morgan fingerprint density at radius 2 is 1.81 bits per heavy atom. The van der Waals surface area contributed by atoms with Crippen LogP contribution in [0.15, 0.2) is 36.4 Å². The maximum Gasteiger partial charge on any atom is 0.417 e. The first-order valence-electron chi connectivity index (χ1n) is 10.8. The van der Waals surface area contributed by atoms with Gasteiger partial charge in [0.1, 0.15) is 0 Å². The molecule has 0 unspecified atom stereocenters. The Morgan fingerprint density at radius 3 is 2.47 bits per heavy atom. The zero-order valence-corrected chi connectivity index (χ0v) is 19.2. The van der Waals surface area contributed by atoms with Crippen LogP contribution in [0, 0.1) is 0 Å². The van der Waals surface area contributed by atoms with Crippen LogP contribution < -0.4 is 9.80 Å². The van der Waals surface area contributed by atoms with Gasteiger partial charge in [0, 0.05) is 43.1 Å². The summed E-state index contributed by atoms with van der Waals surface area (Å²) >= 11 is 6.01. The van der Waals surface area contributed by atoms with E-state index in [4.69, 9.17) is 11.6 Å². The molecule has 0 saturated carbocycles. The van der Waals surface area contributed by atoms with Gasteiger partial charge in [-0.05, 0) is 56.6 Å². The van der Waals surface area contributed by atoms with E-state index in [1.165, 1.54) is 12.1 Å². The largest absolute Gasteiger partial charge is 0.417 e. The van der Waals surface area contributed by atoms with Gasteiger partial charge in [0.15, 0.2) is 0 Å². The molecule has 0 aromatic heterocycles. The van der Waals surface area contributed by atoms with Crippen LogP contribution in [-0.2, 0) is 23.8 Å². The summed E-state index contributed by atoms with van der Waals surface area (Å²) in [7, 11) is 2.13. The van der Waals surface area contributed by atoms with Crippen LogP contribution in [-0.4, -0.2) is 49.6 Å². The number of rotatable bonds is 3. The highest BCUT2D eigenvalue weighted by atomic mass is 35.5. The molecule has 2 aromatic rings. The summed E-state index contributed by atoms with van der Waals surface area (Å²) in [6.45, 7) is 6.71. The molecule has 4 nitrogen and oxygen atoms in total. The Kier molecular flexibility index (Phi) is 6.16. The number of nitrogens with zero attached hydrogens (tertiary/aromatic N) is 3. The van der Waals surface area contributed by atoms with Crippen molar-refractivity contribution in [2.75, 3.05) is 36.5 Å². The molecule has 0 aliphatic carbocycles. The maximum atomic E-state index is 13.2. The van der Waals surface area contributed by atoms with Crippen molar-refractivity contribution < 1.29 is 18.0 Å². The number of carbonyl (C=O) groups excluding carboxylic acids is 1. The molecular formula is C24H27ClF3N3O. The molecule has 0 radical (unpaired) electrons. The highest BCUT2D eigenvalue weighted by molar-refractivity contribution is 6.32. The molecule has 1 fully saturated rings. The van der Waals surface area contributed by atoms with Crippen molar-refractivity contribution in [3.8, 4) is 0 Å². The second-order valence-corrected chi connectivity index (χ2v) is 9.21. The lowest BCUT2D eigenvalue weighted by Crippen LogP contribution is -2.55. The lowest BCUT2D eigenvalue weighted by molar-refractivity contribution is -0.137. The van der Waals surface area contributed by atoms with Crippen molar-refractivity contribution in [2.45, 2.75) is 44.9 Å². The molecule has 0 spiro atoms. The van der Waals surface area contributed by atoms with E-state index < -0.39 is 16.8 Å². The molecule has 32 heavy (non-hydrogen) atoms. The minimum Gasteiger partial charge on any atom is -0.368 e. The number of piperazine rings is 1. The van der Waals surface area contributed by atoms with Crippen molar-refractivity contribution in [2.24, 2.45) is 0 Å². The van der Waals surface area contributed by atoms with Crippen molar-refractivity contribution in [1.29, 1.82) is 0 Å². The number of likely N-dealkylation sites (N-methyl/N-ethyl adjacent to an activating group) is 1. The molecule has 1 saturated heterocycles. The Morgan fingerprint density at radius 1 is 1.12 bits per heavy atom. The van der Waals surface area contributed by atoms with Crippen LogP contribution in [0.3, 0.4) is 0 Å². The van der Waals surface area contributed by atoms with Gasteiger partial charge >= 0.3 is 6.18 Å². The number of carbonyl (C=O) groups is 1. The van der Waals surface area contributed by atoms with Gasteiger partial charge in [-0.15, -0.1) is 0 Å². The number of halogens is 4. The minimum atomic E-state index is -4.55. The number of hydrogen-bond donors (Lipinski definition) is 0. The van der Waals surface area contributed by atoms with Gasteiger partial charge in [0.2, 0.25) is 5.91 Å². The lowest BCUT2D eigenvalue weighted by atomic mass is 10.1. The second-order valence-electron chi connectivity index (χ2n) is 8.83. The molecule has 0 bridgehead atoms. The molecular weight excluding hydrogens is 439 g/mol.